The van der Waals surface area contributed by atoms with Crippen molar-refractivity contribution in [3.8, 4) is 0 Å². The van der Waals surface area contributed by atoms with Gasteiger partial charge in [-0.15, -0.1) is 0 Å². The van der Waals surface area contributed by atoms with Crippen LogP contribution in [0, 0.1) is 0 Å². The molecule has 3 N–H and O–H groups in total. The zero-order valence-electron chi connectivity index (χ0n) is 11.6. The van der Waals surface area contributed by atoms with Crippen LogP contribution in [0.15, 0.2) is 24.3 Å². The molecule has 0 aliphatic rings. The molecule has 0 bridgehead atoms. The van der Waals surface area contributed by atoms with Gasteiger partial charge in [-0.05, 0) is 34.6 Å². The van der Waals surface area contributed by atoms with Crippen molar-refractivity contribution in [1.29, 1.82) is 0 Å². The quantitative estimate of drug-likeness (QED) is 0.748. The predicted molar refractivity (Wildman–Crippen MR) is 72.9 cm³/mol. The summed E-state index contributed by atoms with van der Waals surface area (Å²) >= 11 is 0. The molecule has 1 amide bonds. The fraction of sp³-hybridized carbons (Fsp3) is 0.615. The van der Waals surface area contributed by atoms with Gasteiger partial charge in [0.15, 0.2) is 0 Å². The maximum absolute atomic E-state index is 11.0. The molecular formula is C13H26N2O2. The van der Waals surface area contributed by atoms with Gasteiger partial charge in [-0.3, -0.25) is 0 Å². The summed E-state index contributed by atoms with van der Waals surface area (Å²) in [5, 5.41) is 2.59. The van der Waals surface area contributed by atoms with Crippen LogP contribution in [0.5, 0.6) is 0 Å². The fourth-order valence-electron chi connectivity index (χ4n) is 0.710. The SMILES string of the molecule is C/C=C/CN.C/C=C/CNC(=O)OC(C)(C)C. The average molecular weight is 242 g/mol. The first-order valence-electron chi connectivity index (χ1n) is 5.76. The molecule has 0 rings (SSSR count). The van der Waals surface area contributed by atoms with E-state index < -0.39 is 5.60 Å². The van der Waals surface area contributed by atoms with Gasteiger partial charge in [0.1, 0.15) is 5.60 Å². The minimum atomic E-state index is -0.417. The molecule has 0 saturated heterocycles. The number of nitrogens with one attached hydrogen (secondary N) is 1. The Morgan fingerprint density at radius 2 is 1.76 bits per heavy atom. The summed E-state index contributed by atoms with van der Waals surface area (Å²) in [6, 6.07) is 0. The third-order valence-electron chi connectivity index (χ3n) is 1.37. The van der Waals surface area contributed by atoms with Gasteiger partial charge in [-0.1, -0.05) is 24.3 Å². The number of amides is 1. The van der Waals surface area contributed by atoms with E-state index in [1.54, 1.807) is 0 Å². The van der Waals surface area contributed by atoms with Crippen LogP contribution in [0.1, 0.15) is 34.6 Å². The summed E-state index contributed by atoms with van der Waals surface area (Å²) in [4.78, 5) is 11.0. The first kappa shape index (κ1) is 18.1. The lowest BCUT2D eigenvalue weighted by Crippen LogP contribution is -2.32. The number of rotatable bonds is 3. The van der Waals surface area contributed by atoms with Crippen molar-refractivity contribution in [3.63, 3.8) is 0 Å². The minimum Gasteiger partial charge on any atom is -0.444 e. The number of allylic oxidation sites excluding steroid dienone is 2. The molecule has 0 fully saturated rings. The van der Waals surface area contributed by atoms with Gasteiger partial charge in [-0.25, -0.2) is 4.79 Å². The molecule has 0 radical (unpaired) electrons. The van der Waals surface area contributed by atoms with Crippen LogP contribution < -0.4 is 11.1 Å². The summed E-state index contributed by atoms with van der Waals surface area (Å²) in [7, 11) is 0. The number of carbonyl (C=O) groups excluding carboxylic acids is 1. The third kappa shape index (κ3) is 20.7. The Morgan fingerprint density at radius 1 is 1.24 bits per heavy atom. The Labute approximate surface area is 105 Å². The number of carbonyl (C=O) groups is 1. The number of ether oxygens (including phenoxy) is 1. The smallest absolute Gasteiger partial charge is 0.407 e. The van der Waals surface area contributed by atoms with Gasteiger partial charge in [0, 0.05) is 13.1 Å². The summed E-state index contributed by atoms with van der Waals surface area (Å²) < 4.78 is 5.00. The van der Waals surface area contributed by atoms with Crippen molar-refractivity contribution in [2.75, 3.05) is 13.1 Å². The first-order valence-corrected chi connectivity index (χ1v) is 5.76. The molecule has 17 heavy (non-hydrogen) atoms. The average Bonchev–Trinajstić information content (AvgIpc) is 2.17. The zero-order chi connectivity index (χ0) is 13.7. The van der Waals surface area contributed by atoms with Crippen molar-refractivity contribution < 1.29 is 9.53 Å². The highest BCUT2D eigenvalue weighted by molar-refractivity contribution is 5.67. The Balaban J connectivity index is 0. The van der Waals surface area contributed by atoms with E-state index in [2.05, 4.69) is 5.32 Å². The lowest BCUT2D eigenvalue weighted by molar-refractivity contribution is 0.0534. The summed E-state index contributed by atoms with van der Waals surface area (Å²) in [6.45, 7) is 10.5. The summed E-state index contributed by atoms with van der Waals surface area (Å²) in [5.41, 5.74) is 4.64. The van der Waals surface area contributed by atoms with Gasteiger partial charge in [-0.2, -0.15) is 0 Å². The van der Waals surface area contributed by atoms with Crippen LogP contribution in [-0.4, -0.2) is 24.8 Å². The van der Waals surface area contributed by atoms with Crippen molar-refractivity contribution in [2.24, 2.45) is 5.73 Å². The van der Waals surface area contributed by atoms with E-state index in [4.69, 9.17) is 10.5 Å². The molecule has 0 aliphatic heterocycles. The molecule has 0 unspecified atom stereocenters. The topological polar surface area (TPSA) is 64.3 Å². The third-order valence-corrected chi connectivity index (χ3v) is 1.37. The molecule has 0 aromatic heterocycles. The molecule has 0 aromatic rings. The van der Waals surface area contributed by atoms with E-state index in [1.807, 2.05) is 58.9 Å². The Bertz CT molecular complexity index is 240. The van der Waals surface area contributed by atoms with Gasteiger partial charge in [0.2, 0.25) is 0 Å². The van der Waals surface area contributed by atoms with Crippen LogP contribution in [0.4, 0.5) is 4.79 Å². The van der Waals surface area contributed by atoms with Crippen LogP contribution in [0.2, 0.25) is 0 Å². The van der Waals surface area contributed by atoms with Crippen molar-refractivity contribution in [2.45, 2.75) is 40.2 Å². The van der Waals surface area contributed by atoms with E-state index in [1.165, 1.54) is 0 Å². The largest absolute Gasteiger partial charge is 0.444 e. The molecular weight excluding hydrogens is 216 g/mol. The lowest BCUT2D eigenvalue weighted by atomic mass is 10.2. The van der Waals surface area contributed by atoms with Gasteiger partial charge >= 0.3 is 6.09 Å². The second kappa shape index (κ2) is 11.2. The number of hydrogen-bond acceptors (Lipinski definition) is 3. The molecule has 0 aliphatic carbocycles. The standard InChI is InChI=1S/C9H17NO2.C4H9N/c1-5-6-7-10-8(11)12-9(2,3)4;1-2-3-4-5/h5-6H,7H2,1-4H3,(H,10,11);2-3H,4-5H2,1H3/b6-5+;3-2+. The van der Waals surface area contributed by atoms with Crippen molar-refractivity contribution >= 4 is 6.09 Å². The van der Waals surface area contributed by atoms with Crippen molar-refractivity contribution in [3.05, 3.63) is 24.3 Å². The van der Waals surface area contributed by atoms with Crippen LogP contribution >= 0.6 is 0 Å². The van der Waals surface area contributed by atoms with E-state index in [-0.39, 0.29) is 6.09 Å². The van der Waals surface area contributed by atoms with E-state index in [0.717, 1.165) is 0 Å². The van der Waals surface area contributed by atoms with Gasteiger partial charge in [0.05, 0.1) is 0 Å². The van der Waals surface area contributed by atoms with Gasteiger partial charge in [0.25, 0.3) is 0 Å². The van der Waals surface area contributed by atoms with Crippen LogP contribution in [-0.2, 0) is 4.74 Å². The number of hydrogen-bond donors (Lipinski definition) is 2. The highest BCUT2D eigenvalue weighted by atomic mass is 16.6. The molecule has 0 atom stereocenters. The Kier molecular flexibility index (Phi) is 11.9. The molecule has 4 nitrogen and oxygen atoms in total. The fourth-order valence-corrected chi connectivity index (χ4v) is 0.710. The highest BCUT2D eigenvalue weighted by Gasteiger charge is 2.14. The normalized spacial score (nSPS) is 11.2. The molecule has 0 spiro atoms. The molecule has 4 heteroatoms. The Morgan fingerprint density at radius 3 is 2.06 bits per heavy atom. The first-order chi connectivity index (χ1) is 7.87. The maximum Gasteiger partial charge on any atom is 0.407 e. The van der Waals surface area contributed by atoms with Crippen LogP contribution in [0.3, 0.4) is 0 Å². The Hall–Kier alpha value is -1.29. The van der Waals surface area contributed by atoms with Gasteiger partial charge < -0.3 is 15.8 Å². The second-order valence-electron chi connectivity index (χ2n) is 4.26. The molecule has 100 valence electrons. The van der Waals surface area contributed by atoms with E-state index >= 15 is 0 Å². The van der Waals surface area contributed by atoms with E-state index in [0.29, 0.717) is 13.1 Å². The predicted octanol–water partition coefficient (Wildman–Crippen LogP) is 2.61. The molecule has 0 aromatic carbocycles. The summed E-state index contributed by atoms with van der Waals surface area (Å²) in [6.07, 6.45) is 7.18. The van der Waals surface area contributed by atoms with Crippen molar-refractivity contribution in [1.82, 2.24) is 5.32 Å². The highest BCUT2D eigenvalue weighted by Crippen LogP contribution is 2.05. The van der Waals surface area contributed by atoms with E-state index in [9.17, 15) is 4.79 Å². The second-order valence-corrected chi connectivity index (χ2v) is 4.26. The monoisotopic (exact) mass is 242 g/mol. The lowest BCUT2D eigenvalue weighted by Gasteiger charge is -2.19. The number of alkyl carbamates (subject to hydrolysis) is 1. The zero-order valence-corrected chi connectivity index (χ0v) is 11.6. The molecule has 0 saturated carbocycles. The van der Waals surface area contributed by atoms with Crippen LogP contribution in [0.25, 0.3) is 0 Å². The molecule has 0 heterocycles. The maximum atomic E-state index is 11.0. The summed E-state index contributed by atoms with van der Waals surface area (Å²) in [5.74, 6) is 0. The minimum absolute atomic E-state index is 0.374. The number of nitrogens with two attached hydrogens (primary N) is 1.